The van der Waals surface area contributed by atoms with Gasteiger partial charge in [-0.15, -0.1) is 0 Å². The number of likely N-dealkylation sites (N-methyl/N-ethyl adjacent to an activating group) is 1. The number of hydrogen-bond acceptors (Lipinski definition) is 4. The van der Waals surface area contributed by atoms with Gasteiger partial charge in [0.2, 0.25) is 0 Å². The maximum atomic E-state index is 12.2. The summed E-state index contributed by atoms with van der Waals surface area (Å²) in [6.45, 7) is 3.95. The summed E-state index contributed by atoms with van der Waals surface area (Å²) in [5.41, 5.74) is 0.502. The van der Waals surface area contributed by atoms with Crippen molar-refractivity contribution in [2.45, 2.75) is 0 Å². The third kappa shape index (κ3) is 4.07. The summed E-state index contributed by atoms with van der Waals surface area (Å²) in [7, 11) is 2.07. The standard InChI is InChI=1S/C13H18Cl2N4O/c1-17-2-4-18(5-3-17)9-13(20)19(16)12-7-10(14)6-11(15)8-12/h6-8H,2-5,9,16H2,1H3. The second-order valence-corrected chi connectivity index (χ2v) is 5.84. The molecule has 0 bridgehead atoms. The molecule has 1 aromatic carbocycles. The fraction of sp³-hybridized carbons (Fsp3) is 0.462. The SMILES string of the molecule is CN1CCN(CC(=O)N(N)c2cc(Cl)cc(Cl)c2)CC1. The lowest BCUT2D eigenvalue weighted by molar-refractivity contribution is -0.120. The summed E-state index contributed by atoms with van der Waals surface area (Å²) >= 11 is 11.8. The molecule has 110 valence electrons. The third-order valence-electron chi connectivity index (χ3n) is 3.35. The molecule has 1 fully saturated rings. The Labute approximate surface area is 128 Å². The molecule has 1 aliphatic rings. The molecule has 0 spiro atoms. The Bertz CT molecular complexity index is 469. The molecule has 2 N–H and O–H groups in total. The Hall–Kier alpha value is -0.850. The van der Waals surface area contributed by atoms with Crippen molar-refractivity contribution in [3.63, 3.8) is 0 Å². The fourth-order valence-corrected chi connectivity index (χ4v) is 2.61. The maximum Gasteiger partial charge on any atom is 0.255 e. The Balaban J connectivity index is 1.98. The first-order chi connectivity index (χ1) is 9.45. The van der Waals surface area contributed by atoms with Crippen LogP contribution in [0.1, 0.15) is 0 Å². The summed E-state index contributed by atoms with van der Waals surface area (Å²) in [4.78, 5) is 16.5. The van der Waals surface area contributed by atoms with Crippen molar-refractivity contribution in [2.24, 2.45) is 5.84 Å². The number of hydrazine groups is 1. The minimum absolute atomic E-state index is 0.173. The smallest absolute Gasteiger partial charge is 0.255 e. The van der Waals surface area contributed by atoms with Gasteiger partial charge >= 0.3 is 0 Å². The average Bonchev–Trinajstić information content (AvgIpc) is 2.39. The largest absolute Gasteiger partial charge is 0.304 e. The predicted molar refractivity (Wildman–Crippen MR) is 82.1 cm³/mol. The molecule has 0 unspecified atom stereocenters. The zero-order valence-electron chi connectivity index (χ0n) is 11.4. The number of nitrogens with two attached hydrogens (primary N) is 1. The molecule has 1 aliphatic heterocycles. The van der Waals surface area contributed by atoms with Gasteiger partial charge in [-0.3, -0.25) is 9.69 Å². The maximum absolute atomic E-state index is 12.2. The van der Waals surface area contributed by atoms with Crippen molar-refractivity contribution in [1.82, 2.24) is 9.80 Å². The van der Waals surface area contributed by atoms with E-state index in [1.807, 2.05) is 0 Å². The Kier molecular flexibility index (Phi) is 5.23. The number of benzene rings is 1. The van der Waals surface area contributed by atoms with E-state index in [-0.39, 0.29) is 5.91 Å². The zero-order chi connectivity index (χ0) is 14.7. The highest BCUT2D eigenvalue weighted by atomic mass is 35.5. The minimum Gasteiger partial charge on any atom is -0.304 e. The molecule has 0 saturated carbocycles. The van der Waals surface area contributed by atoms with E-state index in [0.717, 1.165) is 31.2 Å². The van der Waals surface area contributed by atoms with Crippen LogP contribution >= 0.6 is 23.2 Å². The van der Waals surface area contributed by atoms with Gasteiger partial charge in [0.25, 0.3) is 5.91 Å². The summed E-state index contributed by atoms with van der Waals surface area (Å²) in [6, 6.07) is 4.84. The molecule has 0 aliphatic carbocycles. The van der Waals surface area contributed by atoms with Gasteiger partial charge in [-0.2, -0.15) is 0 Å². The molecular weight excluding hydrogens is 299 g/mol. The number of anilines is 1. The number of carbonyl (C=O) groups excluding carboxylic acids is 1. The van der Waals surface area contributed by atoms with Crippen molar-refractivity contribution in [3.8, 4) is 0 Å². The van der Waals surface area contributed by atoms with Gasteiger partial charge in [0.05, 0.1) is 12.2 Å². The highest BCUT2D eigenvalue weighted by Crippen LogP contribution is 2.24. The molecule has 7 heteroatoms. The van der Waals surface area contributed by atoms with E-state index in [1.54, 1.807) is 18.2 Å². The molecule has 1 amide bonds. The van der Waals surface area contributed by atoms with Gasteiger partial charge in [-0.1, -0.05) is 23.2 Å². The third-order valence-corrected chi connectivity index (χ3v) is 3.79. The van der Waals surface area contributed by atoms with Crippen LogP contribution in [0.15, 0.2) is 18.2 Å². The van der Waals surface area contributed by atoms with Gasteiger partial charge in [0.1, 0.15) is 0 Å². The van der Waals surface area contributed by atoms with Crippen LogP contribution in [0.5, 0.6) is 0 Å². The van der Waals surface area contributed by atoms with Crippen LogP contribution in [0.25, 0.3) is 0 Å². The Morgan fingerprint density at radius 1 is 1.20 bits per heavy atom. The molecule has 1 aromatic rings. The van der Waals surface area contributed by atoms with E-state index in [9.17, 15) is 4.79 Å². The molecule has 1 heterocycles. The molecule has 20 heavy (non-hydrogen) atoms. The normalized spacial score (nSPS) is 17.2. The number of hydrogen-bond donors (Lipinski definition) is 1. The predicted octanol–water partition coefficient (Wildman–Crippen LogP) is 1.45. The molecule has 1 saturated heterocycles. The first kappa shape index (κ1) is 15.5. The molecule has 0 radical (unpaired) electrons. The first-order valence-corrected chi connectivity index (χ1v) is 7.16. The van der Waals surface area contributed by atoms with Gasteiger partial charge in [-0.25, -0.2) is 10.9 Å². The van der Waals surface area contributed by atoms with E-state index in [1.165, 1.54) is 0 Å². The van der Waals surface area contributed by atoms with Gasteiger partial charge in [-0.05, 0) is 25.2 Å². The average molecular weight is 317 g/mol. The Morgan fingerprint density at radius 2 is 1.75 bits per heavy atom. The van der Waals surface area contributed by atoms with Crippen LogP contribution in [0.4, 0.5) is 5.69 Å². The lowest BCUT2D eigenvalue weighted by Crippen LogP contribution is -2.50. The zero-order valence-corrected chi connectivity index (χ0v) is 12.9. The van der Waals surface area contributed by atoms with Gasteiger partial charge < -0.3 is 4.90 Å². The van der Waals surface area contributed by atoms with Gasteiger partial charge in [0.15, 0.2) is 0 Å². The van der Waals surface area contributed by atoms with Crippen LogP contribution in [-0.4, -0.2) is 55.5 Å². The number of halogens is 2. The number of nitrogens with zero attached hydrogens (tertiary/aromatic N) is 3. The van der Waals surface area contributed by atoms with Gasteiger partial charge in [0, 0.05) is 36.2 Å². The number of piperazine rings is 1. The van der Waals surface area contributed by atoms with Crippen molar-refractivity contribution < 1.29 is 4.79 Å². The van der Waals surface area contributed by atoms with Crippen LogP contribution in [-0.2, 0) is 4.79 Å². The van der Waals surface area contributed by atoms with E-state index < -0.39 is 0 Å². The highest BCUT2D eigenvalue weighted by molar-refractivity contribution is 6.35. The van der Waals surface area contributed by atoms with E-state index in [2.05, 4.69) is 16.8 Å². The van der Waals surface area contributed by atoms with Crippen LogP contribution in [0.3, 0.4) is 0 Å². The quantitative estimate of drug-likeness (QED) is 0.521. The number of carbonyl (C=O) groups is 1. The van der Waals surface area contributed by atoms with E-state index >= 15 is 0 Å². The number of amides is 1. The van der Waals surface area contributed by atoms with Crippen LogP contribution in [0, 0.1) is 0 Å². The summed E-state index contributed by atoms with van der Waals surface area (Å²) < 4.78 is 0. The van der Waals surface area contributed by atoms with E-state index in [4.69, 9.17) is 29.0 Å². The van der Waals surface area contributed by atoms with Crippen LogP contribution < -0.4 is 10.9 Å². The first-order valence-electron chi connectivity index (χ1n) is 6.40. The lowest BCUT2D eigenvalue weighted by atomic mass is 10.3. The van der Waals surface area contributed by atoms with Crippen LogP contribution in [0.2, 0.25) is 10.0 Å². The lowest BCUT2D eigenvalue weighted by Gasteiger charge is -2.32. The second kappa shape index (κ2) is 6.74. The fourth-order valence-electron chi connectivity index (χ4n) is 2.10. The van der Waals surface area contributed by atoms with Crippen molar-refractivity contribution in [1.29, 1.82) is 0 Å². The topological polar surface area (TPSA) is 52.8 Å². The summed E-state index contributed by atoms with van der Waals surface area (Å²) in [5, 5.41) is 2.02. The molecule has 5 nitrogen and oxygen atoms in total. The molecule has 0 atom stereocenters. The highest BCUT2D eigenvalue weighted by Gasteiger charge is 2.20. The van der Waals surface area contributed by atoms with Crippen molar-refractivity contribution in [3.05, 3.63) is 28.2 Å². The van der Waals surface area contributed by atoms with E-state index in [0.29, 0.717) is 22.3 Å². The molecule has 0 aromatic heterocycles. The van der Waals surface area contributed by atoms with Crippen molar-refractivity contribution >= 4 is 34.8 Å². The number of rotatable bonds is 3. The molecular formula is C13H18Cl2N4O. The minimum atomic E-state index is -0.173. The van der Waals surface area contributed by atoms with Crippen molar-refractivity contribution in [2.75, 3.05) is 44.8 Å². The summed E-state index contributed by atoms with van der Waals surface area (Å²) in [5.74, 6) is 5.68. The Morgan fingerprint density at radius 3 is 2.30 bits per heavy atom. The summed E-state index contributed by atoms with van der Waals surface area (Å²) in [6.07, 6.45) is 0. The second-order valence-electron chi connectivity index (χ2n) is 4.97. The molecule has 2 rings (SSSR count). The monoisotopic (exact) mass is 316 g/mol.